The topological polar surface area (TPSA) is 49.7 Å². The van der Waals surface area contributed by atoms with Crippen LogP contribution in [0.5, 0.6) is 0 Å². The number of nitrogens with zero attached hydrogens (tertiary/aromatic N) is 1. The van der Waals surface area contributed by atoms with E-state index >= 15 is 0 Å². The molecule has 1 aliphatic heterocycles. The summed E-state index contributed by atoms with van der Waals surface area (Å²) in [6, 6.07) is 5.87. The van der Waals surface area contributed by atoms with E-state index in [4.69, 9.17) is 5.11 Å². The predicted octanol–water partition coefficient (Wildman–Crippen LogP) is 2.80. The molecule has 3 nitrogen and oxygen atoms in total. The summed E-state index contributed by atoms with van der Waals surface area (Å²) in [6.07, 6.45) is 0. The molecule has 3 heteroatoms. The van der Waals surface area contributed by atoms with Crippen molar-refractivity contribution >= 4 is 11.7 Å². The van der Waals surface area contributed by atoms with Gasteiger partial charge in [-0.2, -0.15) is 0 Å². The predicted molar refractivity (Wildman–Crippen MR) is 68.0 cm³/mol. The van der Waals surface area contributed by atoms with Gasteiger partial charge >= 0.3 is 5.97 Å². The van der Waals surface area contributed by atoms with Gasteiger partial charge in [-0.15, -0.1) is 0 Å². The van der Waals surface area contributed by atoms with E-state index in [-0.39, 0.29) is 0 Å². The van der Waals surface area contributed by atoms with Crippen LogP contribution in [0.4, 0.5) is 0 Å². The molecule has 0 aliphatic carbocycles. The Bertz CT molecular complexity index is 491. The molecule has 0 radical (unpaired) electrons. The number of hydrogen-bond donors (Lipinski definition) is 1. The number of aliphatic carboxylic acids is 1. The highest BCUT2D eigenvalue weighted by Crippen LogP contribution is 2.33. The lowest BCUT2D eigenvalue weighted by Gasteiger charge is -2.25. The molecule has 0 fully saturated rings. The summed E-state index contributed by atoms with van der Waals surface area (Å²) in [6.45, 7) is 6.58. The van der Waals surface area contributed by atoms with Crippen LogP contribution in [-0.2, 0) is 4.79 Å². The molecule has 0 bridgehead atoms. The summed E-state index contributed by atoms with van der Waals surface area (Å²) in [5.41, 5.74) is 4.21. The summed E-state index contributed by atoms with van der Waals surface area (Å²) in [5.74, 6) is -0.934. The summed E-state index contributed by atoms with van der Waals surface area (Å²) < 4.78 is 0. The zero-order valence-electron chi connectivity index (χ0n) is 10.4. The molecule has 1 aliphatic rings. The number of carboxylic acid groups (broad SMARTS) is 1. The van der Waals surface area contributed by atoms with Gasteiger partial charge in [0.25, 0.3) is 0 Å². The highest BCUT2D eigenvalue weighted by atomic mass is 16.4. The molecule has 2 unspecified atom stereocenters. The molecule has 0 aromatic heterocycles. The Balaban J connectivity index is 2.60. The largest absolute Gasteiger partial charge is 0.481 e. The standard InChI is InChI=1S/C14H17NO2/c1-8-7-15-10(3)12-6-4-5-11(13(8)12)9(2)14(16)17/h4-6,8-9H,7H2,1-3H3,(H,16,17). The van der Waals surface area contributed by atoms with E-state index in [1.807, 2.05) is 25.1 Å². The molecule has 0 saturated heterocycles. The van der Waals surface area contributed by atoms with E-state index in [1.54, 1.807) is 6.92 Å². The fourth-order valence-electron chi connectivity index (χ4n) is 2.41. The molecule has 2 atom stereocenters. The number of rotatable bonds is 2. The summed E-state index contributed by atoms with van der Waals surface area (Å²) in [7, 11) is 0. The van der Waals surface area contributed by atoms with Crippen LogP contribution in [0.1, 0.15) is 49.3 Å². The molecular formula is C14H17NO2. The van der Waals surface area contributed by atoms with Crippen LogP contribution in [-0.4, -0.2) is 23.3 Å². The fraction of sp³-hybridized carbons (Fsp3) is 0.429. The lowest BCUT2D eigenvalue weighted by atomic mass is 9.83. The van der Waals surface area contributed by atoms with Crippen molar-refractivity contribution in [3.63, 3.8) is 0 Å². The van der Waals surface area contributed by atoms with Crippen LogP contribution >= 0.6 is 0 Å². The summed E-state index contributed by atoms with van der Waals surface area (Å²) in [4.78, 5) is 15.6. The fourth-order valence-corrected chi connectivity index (χ4v) is 2.41. The molecule has 0 saturated carbocycles. The average Bonchev–Trinajstić information content (AvgIpc) is 2.32. The zero-order valence-corrected chi connectivity index (χ0v) is 10.4. The minimum Gasteiger partial charge on any atom is -0.481 e. The van der Waals surface area contributed by atoms with Gasteiger partial charge in [0.2, 0.25) is 0 Å². The smallest absolute Gasteiger partial charge is 0.310 e. The Morgan fingerprint density at radius 2 is 2.24 bits per heavy atom. The number of carboxylic acids is 1. The maximum atomic E-state index is 11.1. The number of fused-ring (bicyclic) bond motifs is 1. The first-order valence-corrected chi connectivity index (χ1v) is 5.89. The monoisotopic (exact) mass is 231 g/mol. The molecule has 0 spiro atoms. The average molecular weight is 231 g/mol. The quantitative estimate of drug-likeness (QED) is 0.850. The highest BCUT2D eigenvalue weighted by molar-refractivity contribution is 6.01. The molecule has 1 aromatic rings. The van der Waals surface area contributed by atoms with Gasteiger partial charge in [-0.05, 0) is 30.5 Å². The SMILES string of the molecule is CC1=NCC(C)c2c1cccc2C(C)C(=O)O. The number of carbonyl (C=O) groups is 1. The Hall–Kier alpha value is -1.64. The number of hydrogen-bond acceptors (Lipinski definition) is 2. The van der Waals surface area contributed by atoms with E-state index < -0.39 is 11.9 Å². The zero-order chi connectivity index (χ0) is 12.6. The van der Waals surface area contributed by atoms with Crippen LogP contribution in [0, 0.1) is 0 Å². The van der Waals surface area contributed by atoms with Crippen molar-refractivity contribution in [1.29, 1.82) is 0 Å². The van der Waals surface area contributed by atoms with E-state index in [9.17, 15) is 4.79 Å². The highest BCUT2D eigenvalue weighted by Gasteiger charge is 2.25. The first-order chi connectivity index (χ1) is 8.02. The molecule has 1 heterocycles. The molecular weight excluding hydrogens is 214 g/mol. The summed E-state index contributed by atoms with van der Waals surface area (Å²) in [5, 5.41) is 9.16. The van der Waals surface area contributed by atoms with Gasteiger partial charge in [-0.25, -0.2) is 0 Å². The van der Waals surface area contributed by atoms with Gasteiger partial charge in [0.05, 0.1) is 5.92 Å². The first kappa shape index (κ1) is 11.8. The van der Waals surface area contributed by atoms with Gasteiger partial charge < -0.3 is 5.11 Å². The lowest BCUT2D eigenvalue weighted by Crippen LogP contribution is -2.19. The maximum Gasteiger partial charge on any atom is 0.310 e. The molecule has 0 amide bonds. The summed E-state index contributed by atoms with van der Waals surface area (Å²) >= 11 is 0. The molecule has 1 N–H and O–H groups in total. The third-order valence-electron chi connectivity index (χ3n) is 3.46. The van der Waals surface area contributed by atoms with Crippen molar-refractivity contribution in [2.45, 2.75) is 32.6 Å². The van der Waals surface area contributed by atoms with E-state index in [1.165, 1.54) is 0 Å². The Labute approximate surface area is 101 Å². The Morgan fingerprint density at radius 1 is 1.53 bits per heavy atom. The second kappa shape index (κ2) is 4.32. The third-order valence-corrected chi connectivity index (χ3v) is 3.46. The number of aliphatic imine (C=N–C) groups is 1. The first-order valence-electron chi connectivity index (χ1n) is 5.89. The van der Waals surface area contributed by atoms with Crippen LogP contribution in [0.25, 0.3) is 0 Å². The minimum atomic E-state index is -0.772. The lowest BCUT2D eigenvalue weighted by molar-refractivity contribution is -0.138. The van der Waals surface area contributed by atoms with E-state index in [0.717, 1.165) is 28.9 Å². The van der Waals surface area contributed by atoms with Crippen molar-refractivity contribution in [1.82, 2.24) is 0 Å². The van der Waals surface area contributed by atoms with Crippen molar-refractivity contribution in [2.75, 3.05) is 6.54 Å². The van der Waals surface area contributed by atoms with Crippen molar-refractivity contribution < 1.29 is 9.90 Å². The minimum absolute atomic E-state index is 0.298. The van der Waals surface area contributed by atoms with Crippen molar-refractivity contribution in [3.8, 4) is 0 Å². The number of benzene rings is 1. The van der Waals surface area contributed by atoms with Crippen LogP contribution in [0.2, 0.25) is 0 Å². The van der Waals surface area contributed by atoms with Gasteiger partial charge in [0.15, 0.2) is 0 Å². The molecule has 90 valence electrons. The van der Waals surface area contributed by atoms with E-state index in [0.29, 0.717) is 5.92 Å². The maximum absolute atomic E-state index is 11.1. The van der Waals surface area contributed by atoms with E-state index in [2.05, 4.69) is 11.9 Å². The van der Waals surface area contributed by atoms with Crippen molar-refractivity contribution in [3.05, 3.63) is 34.9 Å². The van der Waals surface area contributed by atoms with Crippen LogP contribution < -0.4 is 0 Å². The normalized spacial score (nSPS) is 20.4. The van der Waals surface area contributed by atoms with Gasteiger partial charge in [0.1, 0.15) is 0 Å². The molecule has 1 aromatic carbocycles. The van der Waals surface area contributed by atoms with Gasteiger partial charge in [-0.1, -0.05) is 25.1 Å². The molecule has 17 heavy (non-hydrogen) atoms. The third kappa shape index (κ3) is 1.97. The Morgan fingerprint density at radius 3 is 2.88 bits per heavy atom. The Kier molecular flexibility index (Phi) is 3.01. The second-order valence-electron chi connectivity index (χ2n) is 4.70. The van der Waals surface area contributed by atoms with Crippen LogP contribution in [0.3, 0.4) is 0 Å². The van der Waals surface area contributed by atoms with Crippen LogP contribution in [0.15, 0.2) is 23.2 Å². The molecule has 2 rings (SSSR count). The second-order valence-corrected chi connectivity index (χ2v) is 4.70. The van der Waals surface area contributed by atoms with Gasteiger partial charge in [0, 0.05) is 18.2 Å². The van der Waals surface area contributed by atoms with Crippen molar-refractivity contribution in [2.24, 2.45) is 4.99 Å². The van der Waals surface area contributed by atoms with Gasteiger partial charge in [-0.3, -0.25) is 9.79 Å².